The third-order valence-electron chi connectivity index (χ3n) is 2.77. The predicted octanol–water partition coefficient (Wildman–Crippen LogP) is 0.827. The minimum Gasteiger partial charge on any atom is -0.383 e. The van der Waals surface area contributed by atoms with Gasteiger partial charge in [0.15, 0.2) is 0 Å². The molecule has 0 saturated heterocycles. The fraction of sp³-hybridized carbons (Fsp3) is 0.636. The number of fused-ring (bicyclic) bond motifs is 1. The van der Waals surface area contributed by atoms with Crippen molar-refractivity contribution in [3.05, 3.63) is 17.1 Å². The molecule has 0 fully saturated rings. The summed E-state index contributed by atoms with van der Waals surface area (Å²) in [5.74, 6) is 1.46. The van der Waals surface area contributed by atoms with E-state index in [-0.39, 0.29) is 6.04 Å². The molecule has 0 saturated carbocycles. The molecule has 15 heavy (non-hydrogen) atoms. The Morgan fingerprint density at radius 2 is 2.00 bits per heavy atom. The Labute approximate surface area is 90.1 Å². The molecule has 1 aliphatic carbocycles. The van der Waals surface area contributed by atoms with Crippen LogP contribution in [0.25, 0.3) is 0 Å². The van der Waals surface area contributed by atoms with Crippen LogP contribution in [0.5, 0.6) is 0 Å². The Bertz CT molecular complexity index is 360. The maximum Gasteiger partial charge on any atom is 0.132 e. The van der Waals surface area contributed by atoms with E-state index in [0.717, 1.165) is 29.9 Å². The van der Waals surface area contributed by atoms with Gasteiger partial charge in [0, 0.05) is 23.7 Å². The lowest BCUT2D eigenvalue weighted by molar-refractivity contribution is 0.641. The molecule has 0 bridgehead atoms. The van der Waals surface area contributed by atoms with E-state index >= 15 is 0 Å². The Hall–Kier alpha value is -1.16. The van der Waals surface area contributed by atoms with E-state index in [4.69, 9.17) is 11.5 Å². The molecule has 0 amide bonds. The van der Waals surface area contributed by atoms with Crippen LogP contribution in [0.1, 0.15) is 36.8 Å². The third kappa shape index (κ3) is 2.26. The standard InChI is InChI=1S/C11H18N4/c1-7(12)6-10-14-9-5-3-2-4-8(9)11(13)15-10/h7H,2-6,12H2,1H3,(H2,13,14,15). The monoisotopic (exact) mass is 206 g/mol. The normalized spacial score (nSPS) is 17.2. The van der Waals surface area contributed by atoms with Crippen molar-refractivity contribution in [1.29, 1.82) is 0 Å². The van der Waals surface area contributed by atoms with Crippen molar-refractivity contribution in [1.82, 2.24) is 9.97 Å². The summed E-state index contributed by atoms with van der Waals surface area (Å²) in [6.07, 6.45) is 5.18. The van der Waals surface area contributed by atoms with Gasteiger partial charge in [-0.1, -0.05) is 0 Å². The SMILES string of the molecule is CC(N)Cc1nc(N)c2c(n1)CCCC2. The lowest BCUT2D eigenvalue weighted by Gasteiger charge is -2.17. The van der Waals surface area contributed by atoms with Gasteiger partial charge in [0.2, 0.25) is 0 Å². The number of hydrogen-bond donors (Lipinski definition) is 2. The van der Waals surface area contributed by atoms with Crippen LogP contribution in [0.2, 0.25) is 0 Å². The van der Waals surface area contributed by atoms with E-state index in [2.05, 4.69) is 9.97 Å². The number of nitrogens with two attached hydrogens (primary N) is 2. The van der Waals surface area contributed by atoms with Gasteiger partial charge in [0.25, 0.3) is 0 Å². The average molecular weight is 206 g/mol. The van der Waals surface area contributed by atoms with E-state index in [1.807, 2.05) is 6.92 Å². The maximum atomic E-state index is 5.93. The van der Waals surface area contributed by atoms with Crippen molar-refractivity contribution >= 4 is 5.82 Å². The van der Waals surface area contributed by atoms with Crippen molar-refractivity contribution in [2.45, 2.75) is 45.1 Å². The molecule has 0 spiro atoms. The molecule has 1 aliphatic rings. The molecule has 82 valence electrons. The van der Waals surface area contributed by atoms with Crippen LogP contribution < -0.4 is 11.5 Å². The van der Waals surface area contributed by atoms with Crippen molar-refractivity contribution in [3.63, 3.8) is 0 Å². The number of rotatable bonds is 2. The number of aromatic nitrogens is 2. The van der Waals surface area contributed by atoms with E-state index in [1.54, 1.807) is 0 Å². The largest absolute Gasteiger partial charge is 0.383 e. The molecule has 4 nitrogen and oxygen atoms in total. The molecular weight excluding hydrogens is 188 g/mol. The first-order chi connectivity index (χ1) is 7.16. The van der Waals surface area contributed by atoms with Crippen LogP contribution >= 0.6 is 0 Å². The quantitative estimate of drug-likeness (QED) is 0.751. The fourth-order valence-electron chi connectivity index (χ4n) is 2.06. The topological polar surface area (TPSA) is 77.8 Å². The van der Waals surface area contributed by atoms with Crippen LogP contribution in [-0.2, 0) is 19.3 Å². The Kier molecular flexibility index (Phi) is 2.86. The molecule has 0 aliphatic heterocycles. The number of nitrogens with zero attached hydrogens (tertiary/aromatic N) is 2. The average Bonchev–Trinajstić information content (AvgIpc) is 2.16. The lowest BCUT2D eigenvalue weighted by Crippen LogP contribution is -2.21. The van der Waals surface area contributed by atoms with Gasteiger partial charge in [-0.3, -0.25) is 0 Å². The highest BCUT2D eigenvalue weighted by Gasteiger charge is 2.16. The molecule has 1 heterocycles. The highest BCUT2D eigenvalue weighted by molar-refractivity contribution is 5.43. The summed E-state index contributed by atoms with van der Waals surface area (Å²) >= 11 is 0. The predicted molar refractivity (Wildman–Crippen MR) is 60.4 cm³/mol. The van der Waals surface area contributed by atoms with Gasteiger partial charge in [-0.05, 0) is 32.6 Å². The summed E-state index contributed by atoms with van der Waals surface area (Å²) in [4.78, 5) is 8.86. The second-order valence-electron chi connectivity index (χ2n) is 4.34. The summed E-state index contributed by atoms with van der Waals surface area (Å²) in [5, 5.41) is 0. The maximum absolute atomic E-state index is 5.93. The van der Waals surface area contributed by atoms with Crippen LogP contribution in [0.3, 0.4) is 0 Å². The highest BCUT2D eigenvalue weighted by Crippen LogP contribution is 2.23. The molecule has 4 heteroatoms. The van der Waals surface area contributed by atoms with Gasteiger partial charge in [-0.25, -0.2) is 9.97 Å². The second kappa shape index (κ2) is 4.14. The summed E-state index contributed by atoms with van der Waals surface area (Å²) in [5.41, 5.74) is 14.0. The third-order valence-corrected chi connectivity index (χ3v) is 2.77. The zero-order valence-corrected chi connectivity index (χ0v) is 9.16. The first kappa shape index (κ1) is 10.4. The summed E-state index contributed by atoms with van der Waals surface area (Å²) in [6.45, 7) is 1.96. The molecule has 2 rings (SSSR count). The van der Waals surface area contributed by atoms with Crippen LogP contribution in [0, 0.1) is 0 Å². The van der Waals surface area contributed by atoms with E-state index in [0.29, 0.717) is 12.2 Å². The molecule has 0 aromatic carbocycles. The van der Waals surface area contributed by atoms with E-state index < -0.39 is 0 Å². The molecule has 1 aromatic heterocycles. The fourth-order valence-corrected chi connectivity index (χ4v) is 2.06. The van der Waals surface area contributed by atoms with E-state index in [9.17, 15) is 0 Å². The summed E-state index contributed by atoms with van der Waals surface area (Å²) in [7, 11) is 0. The summed E-state index contributed by atoms with van der Waals surface area (Å²) < 4.78 is 0. The second-order valence-corrected chi connectivity index (χ2v) is 4.34. The van der Waals surface area contributed by atoms with Crippen molar-refractivity contribution in [2.24, 2.45) is 5.73 Å². The number of nitrogen functional groups attached to an aromatic ring is 1. The van der Waals surface area contributed by atoms with E-state index in [1.165, 1.54) is 12.8 Å². The molecule has 1 atom stereocenters. The number of anilines is 1. The highest BCUT2D eigenvalue weighted by atomic mass is 15.0. The minimum absolute atomic E-state index is 0.0889. The zero-order chi connectivity index (χ0) is 10.8. The van der Waals surface area contributed by atoms with Gasteiger partial charge in [0.1, 0.15) is 11.6 Å². The number of aryl methyl sites for hydroxylation is 1. The van der Waals surface area contributed by atoms with Gasteiger partial charge < -0.3 is 11.5 Å². The molecule has 4 N–H and O–H groups in total. The molecular formula is C11H18N4. The first-order valence-electron chi connectivity index (χ1n) is 5.56. The molecule has 0 radical (unpaired) electrons. The zero-order valence-electron chi connectivity index (χ0n) is 9.16. The number of hydrogen-bond acceptors (Lipinski definition) is 4. The van der Waals surface area contributed by atoms with Crippen molar-refractivity contribution < 1.29 is 0 Å². The lowest BCUT2D eigenvalue weighted by atomic mass is 9.96. The Morgan fingerprint density at radius 3 is 2.73 bits per heavy atom. The van der Waals surface area contributed by atoms with Gasteiger partial charge >= 0.3 is 0 Å². The van der Waals surface area contributed by atoms with Crippen LogP contribution in [0.15, 0.2) is 0 Å². The van der Waals surface area contributed by atoms with Crippen LogP contribution in [-0.4, -0.2) is 16.0 Å². The van der Waals surface area contributed by atoms with Gasteiger partial charge in [0.05, 0.1) is 0 Å². The smallest absolute Gasteiger partial charge is 0.132 e. The van der Waals surface area contributed by atoms with Gasteiger partial charge in [-0.2, -0.15) is 0 Å². The Balaban J connectivity index is 2.32. The van der Waals surface area contributed by atoms with Crippen LogP contribution in [0.4, 0.5) is 5.82 Å². The Morgan fingerprint density at radius 1 is 1.27 bits per heavy atom. The van der Waals surface area contributed by atoms with Crippen molar-refractivity contribution in [2.75, 3.05) is 5.73 Å². The minimum atomic E-state index is 0.0889. The molecule has 1 aromatic rings. The summed E-state index contributed by atoms with van der Waals surface area (Å²) in [6, 6.07) is 0.0889. The first-order valence-corrected chi connectivity index (χ1v) is 5.56. The molecule has 1 unspecified atom stereocenters. The van der Waals surface area contributed by atoms with Crippen molar-refractivity contribution in [3.8, 4) is 0 Å². The van der Waals surface area contributed by atoms with Gasteiger partial charge in [-0.15, -0.1) is 0 Å².